The number of nitrogens with two attached hydrogens (primary N) is 1. The molecule has 1 aliphatic heterocycles. The molecule has 0 radical (unpaired) electrons. The Bertz CT molecular complexity index is 447. The third kappa shape index (κ3) is 2.79. The Labute approximate surface area is 119 Å². The first kappa shape index (κ1) is 14.4. The van der Waals surface area contributed by atoms with Crippen LogP contribution in [0.25, 0.3) is 0 Å². The first-order valence-corrected chi connectivity index (χ1v) is 7.76. The second-order valence-corrected chi connectivity index (χ2v) is 6.87. The number of thioether (sulfide) groups is 1. The molecule has 1 aromatic carbocycles. The van der Waals surface area contributed by atoms with E-state index in [0.29, 0.717) is 5.25 Å². The Kier molecular flexibility index (Phi) is 4.21. The molecule has 1 fully saturated rings. The van der Waals surface area contributed by atoms with Crippen molar-refractivity contribution in [2.75, 3.05) is 12.3 Å². The third-order valence-corrected chi connectivity index (χ3v) is 5.30. The maximum atomic E-state index is 12.8. The monoisotopic (exact) mass is 278 g/mol. The highest BCUT2D eigenvalue weighted by Gasteiger charge is 2.38. The van der Waals surface area contributed by atoms with E-state index in [1.807, 2.05) is 53.9 Å². The molecule has 3 unspecified atom stereocenters. The molecule has 19 heavy (non-hydrogen) atoms. The normalized spacial score (nSPS) is 26.8. The molecule has 1 heterocycles. The van der Waals surface area contributed by atoms with Crippen LogP contribution < -0.4 is 5.73 Å². The summed E-state index contributed by atoms with van der Waals surface area (Å²) < 4.78 is 0. The minimum atomic E-state index is -0.947. The summed E-state index contributed by atoms with van der Waals surface area (Å²) in [6.45, 7) is 6.87. The number of hydrogen-bond donors (Lipinski definition) is 1. The van der Waals surface area contributed by atoms with Crippen LogP contribution in [0.1, 0.15) is 26.3 Å². The van der Waals surface area contributed by atoms with E-state index in [9.17, 15) is 4.79 Å². The molecule has 1 saturated heterocycles. The smallest absolute Gasteiger partial charge is 0.247 e. The molecular weight excluding hydrogens is 256 g/mol. The predicted molar refractivity (Wildman–Crippen MR) is 81.1 cm³/mol. The molecular formula is C15H22N2OS. The van der Waals surface area contributed by atoms with Crippen LogP contribution in [-0.2, 0) is 10.3 Å². The second kappa shape index (κ2) is 5.55. The lowest BCUT2D eigenvalue weighted by molar-refractivity contribution is -0.138. The zero-order valence-electron chi connectivity index (χ0n) is 11.8. The van der Waals surface area contributed by atoms with Crippen molar-refractivity contribution in [3.63, 3.8) is 0 Å². The van der Waals surface area contributed by atoms with Gasteiger partial charge in [0.15, 0.2) is 0 Å². The van der Waals surface area contributed by atoms with Gasteiger partial charge in [0.1, 0.15) is 5.54 Å². The molecule has 3 nitrogen and oxygen atoms in total. The summed E-state index contributed by atoms with van der Waals surface area (Å²) in [6.07, 6.45) is 0. The fourth-order valence-electron chi connectivity index (χ4n) is 2.43. The van der Waals surface area contributed by atoms with Crippen LogP contribution in [-0.4, -0.2) is 34.4 Å². The summed E-state index contributed by atoms with van der Waals surface area (Å²) in [5.74, 6) is 1.01. The van der Waals surface area contributed by atoms with Crippen LogP contribution in [0.15, 0.2) is 30.3 Å². The van der Waals surface area contributed by atoms with E-state index in [-0.39, 0.29) is 11.9 Å². The number of carbonyl (C=O) groups excluding carboxylic acids is 1. The van der Waals surface area contributed by atoms with E-state index in [0.717, 1.165) is 17.9 Å². The highest BCUT2D eigenvalue weighted by atomic mass is 32.2. The average Bonchev–Trinajstić information content (AvgIpc) is 2.42. The van der Waals surface area contributed by atoms with Gasteiger partial charge in [-0.3, -0.25) is 4.79 Å². The molecule has 3 atom stereocenters. The summed E-state index contributed by atoms with van der Waals surface area (Å²) in [5.41, 5.74) is 6.25. The summed E-state index contributed by atoms with van der Waals surface area (Å²) >= 11 is 1.92. The number of amides is 1. The minimum Gasteiger partial charge on any atom is -0.336 e. The van der Waals surface area contributed by atoms with Crippen LogP contribution in [0.4, 0.5) is 0 Å². The lowest BCUT2D eigenvalue weighted by Crippen LogP contribution is -2.57. The van der Waals surface area contributed by atoms with Crippen LogP contribution in [0.5, 0.6) is 0 Å². The van der Waals surface area contributed by atoms with E-state index in [2.05, 4.69) is 13.8 Å². The molecule has 0 saturated carbocycles. The van der Waals surface area contributed by atoms with Gasteiger partial charge in [-0.05, 0) is 19.4 Å². The zero-order chi connectivity index (χ0) is 14.0. The maximum Gasteiger partial charge on any atom is 0.247 e. The van der Waals surface area contributed by atoms with Gasteiger partial charge in [-0.2, -0.15) is 11.8 Å². The van der Waals surface area contributed by atoms with E-state index < -0.39 is 5.54 Å². The molecule has 1 amide bonds. The van der Waals surface area contributed by atoms with Gasteiger partial charge >= 0.3 is 0 Å². The van der Waals surface area contributed by atoms with Crippen LogP contribution in [0, 0.1) is 0 Å². The second-order valence-electron chi connectivity index (χ2n) is 5.38. The minimum absolute atomic E-state index is 0.0263. The van der Waals surface area contributed by atoms with Crippen molar-refractivity contribution in [2.45, 2.75) is 37.6 Å². The Morgan fingerprint density at radius 3 is 2.63 bits per heavy atom. The lowest BCUT2D eigenvalue weighted by atomic mass is 9.91. The Balaban J connectivity index is 2.23. The molecule has 2 rings (SSSR count). The van der Waals surface area contributed by atoms with Gasteiger partial charge in [-0.15, -0.1) is 0 Å². The molecule has 0 bridgehead atoms. The number of hydrogen-bond acceptors (Lipinski definition) is 3. The largest absolute Gasteiger partial charge is 0.336 e. The Morgan fingerprint density at radius 2 is 2.00 bits per heavy atom. The lowest BCUT2D eigenvalue weighted by Gasteiger charge is -2.41. The molecule has 1 aliphatic rings. The van der Waals surface area contributed by atoms with Gasteiger partial charge < -0.3 is 10.6 Å². The van der Waals surface area contributed by atoms with Crippen LogP contribution in [0.2, 0.25) is 0 Å². The Hall–Kier alpha value is -1.00. The zero-order valence-corrected chi connectivity index (χ0v) is 12.6. The third-order valence-electron chi connectivity index (χ3n) is 3.96. The van der Waals surface area contributed by atoms with Crippen molar-refractivity contribution in [2.24, 2.45) is 5.73 Å². The van der Waals surface area contributed by atoms with Crippen molar-refractivity contribution in [1.29, 1.82) is 0 Å². The maximum absolute atomic E-state index is 12.8. The highest BCUT2D eigenvalue weighted by Crippen LogP contribution is 2.28. The molecule has 4 heteroatoms. The number of nitrogens with zero attached hydrogens (tertiary/aromatic N) is 1. The summed E-state index contributed by atoms with van der Waals surface area (Å²) in [7, 11) is 0. The number of carbonyl (C=O) groups is 1. The fourth-order valence-corrected chi connectivity index (χ4v) is 3.53. The molecule has 0 spiro atoms. The van der Waals surface area contributed by atoms with Crippen molar-refractivity contribution < 1.29 is 4.79 Å². The topological polar surface area (TPSA) is 46.3 Å². The fraction of sp³-hybridized carbons (Fsp3) is 0.533. The summed E-state index contributed by atoms with van der Waals surface area (Å²) in [4.78, 5) is 14.7. The van der Waals surface area contributed by atoms with E-state index >= 15 is 0 Å². The SMILES string of the molecule is CC1SCCN(C(=O)C(C)(N)c2ccccc2)C1C. The molecule has 2 N–H and O–H groups in total. The molecule has 104 valence electrons. The standard InChI is InChI=1S/C15H22N2OS/c1-11-12(2)19-10-9-17(11)14(18)15(3,16)13-7-5-4-6-8-13/h4-8,11-12H,9-10,16H2,1-3H3. The van der Waals surface area contributed by atoms with Crippen LogP contribution in [0.3, 0.4) is 0 Å². The summed E-state index contributed by atoms with van der Waals surface area (Å²) in [5, 5.41) is 0.462. The van der Waals surface area contributed by atoms with E-state index in [1.165, 1.54) is 0 Å². The van der Waals surface area contributed by atoms with Gasteiger partial charge in [-0.1, -0.05) is 37.3 Å². The number of benzene rings is 1. The molecule has 1 aromatic rings. The van der Waals surface area contributed by atoms with E-state index in [1.54, 1.807) is 0 Å². The predicted octanol–water partition coefficient (Wildman–Crippen LogP) is 2.21. The molecule has 0 aromatic heterocycles. The van der Waals surface area contributed by atoms with Crippen molar-refractivity contribution in [3.8, 4) is 0 Å². The molecule has 0 aliphatic carbocycles. The van der Waals surface area contributed by atoms with Gasteiger partial charge in [-0.25, -0.2) is 0 Å². The first-order chi connectivity index (χ1) is 8.94. The van der Waals surface area contributed by atoms with Gasteiger partial charge in [0.2, 0.25) is 5.91 Å². The number of rotatable bonds is 2. The quantitative estimate of drug-likeness (QED) is 0.902. The summed E-state index contributed by atoms with van der Waals surface area (Å²) in [6, 6.07) is 9.86. The van der Waals surface area contributed by atoms with E-state index in [4.69, 9.17) is 5.73 Å². The van der Waals surface area contributed by atoms with Crippen molar-refractivity contribution >= 4 is 17.7 Å². The van der Waals surface area contributed by atoms with Crippen LogP contribution >= 0.6 is 11.8 Å². The first-order valence-electron chi connectivity index (χ1n) is 6.71. The van der Waals surface area contributed by atoms with Crippen molar-refractivity contribution in [1.82, 2.24) is 4.90 Å². The van der Waals surface area contributed by atoms with Gasteiger partial charge in [0.05, 0.1) is 0 Å². The van der Waals surface area contributed by atoms with Gasteiger partial charge in [0.25, 0.3) is 0 Å². The average molecular weight is 278 g/mol. The van der Waals surface area contributed by atoms with Crippen molar-refractivity contribution in [3.05, 3.63) is 35.9 Å². The van der Waals surface area contributed by atoms with Gasteiger partial charge in [0, 0.05) is 23.6 Å². The highest BCUT2D eigenvalue weighted by molar-refractivity contribution is 8.00. The Morgan fingerprint density at radius 1 is 1.37 bits per heavy atom.